The van der Waals surface area contributed by atoms with Gasteiger partial charge in [0.15, 0.2) is 0 Å². The zero-order chi connectivity index (χ0) is 29.3. The van der Waals surface area contributed by atoms with Gasteiger partial charge in [-0.25, -0.2) is 16.8 Å². The maximum absolute atomic E-state index is 11.8. The monoisotopic (exact) mass is 608 g/mol. The minimum atomic E-state index is -4.64. The summed E-state index contributed by atoms with van der Waals surface area (Å²) >= 11 is 0. The second kappa shape index (κ2) is 15.4. The Bertz CT molecular complexity index is 1320. The quantitative estimate of drug-likeness (QED) is 0.235. The first-order chi connectivity index (χ1) is 17.2. The first-order valence-corrected chi connectivity index (χ1v) is 15.5. The van der Waals surface area contributed by atoms with Crippen molar-refractivity contribution in [3.8, 4) is 0 Å². The molecule has 0 heterocycles. The Morgan fingerprint density at radius 1 is 0.550 bits per heavy atom. The maximum atomic E-state index is 11.8. The largest absolute Gasteiger partial charge is 1.00 e. The van der Waals surface area contributed by atoms with Gasteiger partial charge >= 0.3 is 59.1 Å². The predicted octanol–water partition coefficient (Wildman–Crippen LogP) is 0.881. The van der Waals surface area contributed by atoms with Crippen molar-refractivity contribution in [3.63, 3.8) is 0 Å². The summed E-state index contributed by atoms with van der Waals surface area (Å²) < 4.78 is 70.9. The van der Waals surface area contributed by atoms with Gasteiger partial charge in [0.1, 0.15) is 20.2 Å². The van der Waals surface area contributed by atoms with Crippen LogP contribution >= 0.6 is 0 Å². The third kappa shape index (κ3) is 9.82. The molecule has 0 aliphatic heterocycles. The molecule has 0 N–H and O–H groups in total. The third-order valence-corrected chi connectivity index (χ3v) is 8.06. The molecule has 40 heavy (non-hydrogen) atoms. The van der Waals surface area contributed by atoms with Crippen LogP contribution in [0.25, 0.3) is 0 Å². The van der Waals surface area contributed by atoms with Crippen LogP contribution in [0, 0.1) is 0 Å². The van der Waals surface area contributed by atoms with Gasteiger partial charge in [0.05, 0.1) is 32.6 Å². The molecular weight excluding hydrogens is 570 g/mol. The fourth-order valence-electron chi connectivity index (χ4n) is 4.11. The zero-order valence-electron chi connectivity index (χ0n) is 25.8. The first-order valence-electron chi connectivity index (χ1n) is 12.6. The molecule has 0 spiro atoms. The molecule has 0 aliphatic carbocycles. The van der Waals surface area contributed by atoms with Crippen LogP contribution in [0.3, 0.4) is 0 Å². The van der Waals surface area contributed by atoms with Crippen LogP contribution in [0.15, 0.2) is 44.0 Å². The van der Waals surface area contributed by atoms with Gasteiger partial charge in [-0.1, -0.05) is 55.4 Å². The summed E-state index contributed by atoms with van der Waals surface area (Å²) in [5.74, 6) is -0.390. The third-order valence-electron chi connectivity index (χ3n) is 6.43. The normalized spacial score (nSPS) is 13.2. The predicted molar refractivity (Wildman–Crippen MR) is 151 cm³/mol. The molecule has 0 aliphatic rings. The summed E-state index contributed by atoms with van der Waals surface area (Å²) in [6.07, 6.45) is 0. The Labute approximate surface area is 284 Å². The van der Waals surface area contributed by atoms with Gasteiger partial charge in [0.2, 0.25) is 0 Å². The van der Waals surface area contributed by atoms with E-state index >= 15 is 0 Å². The Balaban J connectivity index is 0.00000760. The number of rotatable bonds is 9. The standard InChI is InChI=1S/C28H40N2O6S2.2Na/c1-15(2)23-11-21(37(31,32)33)12-24(16(3)4)27(23)29-19(9)20(10)30-28-25(17(5)6)13-22(38(34,35)36)14-26(28)18(7)8;;/h11-18H,1-10H3,(H,31,32,33)(H,34,35,36);;/q;2*+1/p-2. The molecule has 210 valence electrons. The molecule has 0 bridgehead atoms. The smallest absolute Gasteiger partial charge is 0.744 e. The number of aliphatic imine (C=N–C) groups is 2. The molecule has 0 radical (unpaired) electrons. The molecule has 0 atom stereocenters. The molecule has 8 nitrogen and oxygen atoms in total. The number of hydrogen-bond donors (Lipinski definition) is 0. The van der Waals surface area contributed by atoms with Gasteiger partial charge in [-0.2, -0.15) is 0 Å². The van der Waals surface area contributed by atoms with Crippen molar-refractivity contribution in [3.05, 3.63) is 46.5 Å². The van der Waals surface area contributed by atoms with Gasteiger partial charge in [-0.3, -0.25) is 9.98 Å². The minimum absolute atomic E-state index is 0. The second-order valence-electron chi connectivity index (χ2n) is 10.8. The molecule has 2 aromatic rings. The van der Waals surface area contributed by atoms with Crippen molar-refractivity contribution >= 4 is 43.0 Å². The van der Waals surface area contributed by atoms with E-state index in [1.54, 1.807) is 13.8 Å². The van der Waals surface area contributed by atoms with E-state index in [0.29, 0.717) is 45.1 Å². The summed E-state index contributed by atoms with van der Waals surface area (Å²) in [5.41, 5.74) is 4.96. The summed E-state index contributed by atoms with van der Waals surface area (Å²) in [6, 6.07) is 5.58. The van der Waals surface area contributed by atoms with Gasteiger partial charge < -0.3 is 9.11 Å². The van der Waals surface area contributed by atoms with Crippen LogP contribution in [0.5, 0.6) is 0 Å². The SMILES string of the molecule is CC(=Nc1c(C(C)C)cc(S(=O)(=O)[O-])cc1C(C)C)C(C)=Nc1c(C(C)C)cc(S(=O)(=O)[O-])cc1C(C)C.[Na+].[Na+]. The van der Waals surface area contributed by atoms with Crippen LogP contribution in [-0.2, 0) is 20.2 Å². The van der Waals surface area contributed by atoms with E-state index in [4.69, 9.17) is 9.98 Å². The fourth-order valence-corrected chi connectivity index (χ4v) is 5.19. The van der Waals surface area contributed by atoms with Gasteiger partial charge in [-0.05, 0) is 84.0 Å². The second-order valence-corrected chi connectivity index (χ2v) is 13.6. The molecule has 0 saturated carbocycles. The van der Waals surface area contributed by atoms with Crippen molar-refractivity contribution in [2.24, 2.45) is 9.98 Å². The minimum Gasteiger partial charge on any atom is -0.744 e. The van der Waals surface area contributed by atoms with Crippen molar-refractivity contribution in [2.75, 3.05) is 0 Å². The van der Waals surface area contributed by atoms with Gasteiger partial charge in [-0.15, -0.1) is 0 Å². The fraction of sp³-hybridized carbons (Fsp3) is 0.500. The molecule has 0 fully saturated rings. The summed E-state index contributed by atoms with van der Waals surface area (Å²) in [7, 11) is -9.29. The number of benzene rings is 2. The van der Waals surface area contributed by atoms with Crippen molar-refractivity contribution in [2.45, 2.75) is 103 Å². The molecule has 0 amide bonds. The number of nitrogens with zero attached hydrogens (tertiary/aromatic N) is 2. The van der Waals surface area contributed by atoms with Gasteiger partial charge in [0.25, 0.3) is 0 Å². The molecule has 2 rings (SSSR count). The Hall–Kier alpha value is -0.400. The summed E-state index contributed by atoms with van der Waals surface area (Å²) in [5, 5.41) is 0. The van der Waals surface area contributed by atoms with Crippen LogP contribution in [-0.4, -0.2) is 37.4 Å². The van der Waals surface area contributed by atoms with Crippen molar-refractivity contribution in [1.29, 1.82) is 0 Å². The summed E-state index contributed by atoms with van der Waals surface area (Å²) in [6.45, 7) is 18.9. The molecule has 12 heteroatoms. The van der Waals surface area contributed by atoms with Crippen molar-refractivity contribution < 1.29 is 85.1 Å². The summed E-state index contributed by atoms with van der Waals surface area (Å²) in [4.78, 5) is 9.19. The van der Waals surface area contributed by atoms with Gasteiger partial charge in [0, 0.05) is 0 Å². The van der Waals surface area contributed by atoms with E-state index in [9.17, 15) is 25.9 Å². The van der Waals surface area contributed by atoms with E-state index < -0.39 is 20.2 Å². The first kappa shape index (κ1) is 39.6. The zero-order valence-corrected chi connectivity index (χ0v) is 31.4. The van der Waals surface area contributed by atoms with Crippen LogP contribution < -0.4 is 59.1 Å². The van der Waals surface area contributed by atoms with E-state index in [-0.39, 0.29) is 92.6 Å². The van der Waals surface area contributed by atoms with E-state index in [1.807, 2.05) is 55.4 Å². The Kier molecular flexibility index (Phi) is 15.2. The van der Waals surface area contributed by atoms with Crippen LogP contribution in [0.2, 0.25) is 0 Å². The van der Waals surface area contributed by atoms with E-state index in [1.165, 1.54) is 24.3 Å². The van der Waals surface area contributed by atoms with Crippen molar-refractivity contribution in [1.82, 2.24) is 0 Å². The number of hydrogen-bond acceptors (Lipinski definition) is 8. The Morgan fingerprint density at radius 3 is 0.900 bits per heavy atom. The molecular formula is C28H38N2Na2O6S2. The van der Waals surface area contributed by atoms with Crippen LogP contribution in [0.1, 0.15) is 115 Å². The Morgan fingerprint density at radius 2 is 0.750 bits per heavy atom. The average molecular weight is 609 g/mol. The molecule has 0 aromatic heterocycles. The maximum Gasteiger partial charge on any atom is 1.00 e. The van der Waals surface area contributed by atoms with E-state index in [2.05, 4.69) is 0 Å². The molecule has 2 aromatic carbocycles. The average Bonchev–Trinajstić information content (AvgIpc) is 2.76. The topological polar surface area (TPSA) is 139 Å². The van der Waals surface area contributed by atoms with E-state index in [0.717, 1.165) is 0 Å². The molecule has 0 unspecified atom stereocenters. The molecule has 0 saturated heterocycles. The van der Waals surface area contributed by atoms with Crippen LogP contribution in [0.4, 0.5) is 11.4 Å².